The number of aromatic nitrogens is 1. The number of rotatable bonds is 6. The van der Waals surface area contributed by atoms with Crippen LogP contribution in [0.25, 0.3) is 5.69 Å². The van der Waals surface area contributed by atoms with Crippen LogP contribution in [0.1, 0.15) is 50.2 Å². The van der Waals surface area contributed by atoms with Gasteiger partial charge >= 0.3 is 11.9 Å². The Kier molecular flexibility index (Phi) is 5.64. The van der Waals surface area contributed by atoms with Crippen LogP contribution >= 0.6 is 0 Å². The Balaban J connectivity index is 2.08. The fraction of sp³-hybridized carbons (Fsp3) is 0.174. The van der Waals surface area contributed by atoms with E-state index in [4.69, 9.17) is 0 Å². The van der Waals surface area contributed by atoms with Gasteiger partial charge in [0.15, 0.2) is 0 Å². The van der Waals surface area contributed by atoms with Gasteiger partial charge in [0.1, 0.15) is 0 Å². The van der Waals surface area contributed by atoms with Gasteiger partial charge in [0, 0.05) is 28.9 Å². The number of aromatic carboxylic acids is 2. The molecule has 0 radical (unpaired) electrons. The zero-order valence-electron chi connectivity index (χ0n) is 16.5. The molecule has 0 aliphatic carbocycles. The molecule has 2 N–H and O–H groups in total. The molecule has 3 rings (SSSR count). The smallest absolute Gasteiger partial charge is 0.335 e. The number of aryl methyl sites for hydroxylation is 2. The molecule has 0 aliphatic rings. The first-order valence-electron chi connectivity index (χ1n) is 9.24. The largest absolute Gasteiger partial charge is 0.478 e. The Hall–Kier alpha value is -3.67. The molecular weight excluding hydrogens is 368 g/mol. The van der Waals surface area contributed by atoms with E-state index >= 15 is 0 Å². The second-order valence-electron chi connectivity index (χ2n) is 6.78. The first-order chi connectivity index (χ1) is 13.8. The molecule has 1 aromatic heterocycles. The summed E-state index contributed by atoms with van der Waals surface area (Å²) in [7, 11) is 0. The Morgan fingerprint density at radius 2 is 1.62 bits per heavy atom. The van der Waals surface area contributed by atoms with Gasteiger partial charge in [-0.25, -0.2) is 9.59 Å². The Morgan fingerprint density at radius 3 is 2.21 bits per heavy atom. The zero-order valence-corrected chi connectivity index (χ0v) is 16.5. The van der Waals surface area contributed by atoms with Crippen molar-refractivity contribution in [2.75, 3.05) is 0 Å². The first-order valence-corrected chi connectivity index (χ1v) is 9.24. The molecular formula is C23H22N2O4. The van der Waals surface area contributed by atoms with Crippen molar-refractivity contribution in [1.29, 1.82) is 0 Å². The highest BCUT2D eigenvalue weighted by Crippen LogP contribution is 2.24. The molecule has 0 spiro atoms. The minimum Gasteiger partial charge on any atom is -0.478 e. The molecule has 0 atom stereocenters. The van der Waals surface area contributed by atoms with Gasteiger partial charge in [0.2, 0.25) is 0 Å². The lowest BCUT2D eigenvalue weighted by Crippen LogP contribution is -2.07. The van der Waals surface area contributed by atoms with Crippen molar-refractivity contribution >= 4 is 23.8 Å². The van der Waals surface area contributed by atoms with Gasteiger partial charge in [-0.3, -0.25) is 4.99 Å². The number of carboxylic acid groups (broad SMARTS) is 2. The molecule has 0 aliphatic heterocycles. The highest BCUT2D eigenvalue weighted by Gasteiger charge is 2.16. The molecule has 0 fully saturated rings. The van der Waals surface area contributed by atoms with Gasteiger partial charge in [-0.05, 0) is 56.2 Å². The normalized spacial score (nSPS) is 11.1. The van der Waals surface area contributed by atoms with Crippen LogP contribution in [0.5, 0.6) is 0 Å². The van der Waals surface area contributed by atoms with E-state index < -0.39 is 11.9 Å². The molecule has 29 heavy (non-hydrogen) atoms. The van der Waals surface area contributed by atoms with Crippen molar-refractivity contribution in [3.63, 3.8) is 0 Å². The highest BCUT2D eigenvalue weighted by atomic mass is 16.4. The first kappa shape index (κ1) is 20.1. The van der Waals surface area contributed by atoms with Crippen LogP contribution in [-0.4, -0.2) is 32.9 Å². The van der Waals surface area contributed by atoms with E-state index in [1.807, 2.05) is 48.7 Å². The lowest BCUT2D eigenvalue weighted by atomic mass is 10.1. The van der Waals surface area contributed by atoms with E-state index in [9.17, 15) is 19.8 Å². The summed E-state index contributed by atoms with van der Waals surface area (Å²) < 4.78 is 1.84. The number of carbonyl (C=O) groups is 2. The lowest BCUT2D eigenvalue weighted by molar-refractivity contribution is 0.0696. The predicted octanol–water partition coefficient (Wildman–Crippen LogP) is 4.80. The number of benzene rings is 2. The van der Waals surface area contributed by atoms with Crippen molar-refractivity contribution in [2.45, 2.75) is 27.2 Å². The van der Waals surface area contributed by atoms with Crippen LogP contribution < -0.4 is 0 Å². The van der Waals surface area contributed by atoms with Crippen LogP contribution in [0.15, 0.2) is 53.5 Å². The topological polar surface area (TPSA) is 91.9 Å². The van der Waals surface area contributed by atoms with Crippen LogP contribution in [0.3, 0.4) is 0 Å². The van der Waals surface area contributed by atoms with E-state index in [0.29, 0.717) is 5.69 Å². The van der Waals surface area contributed by atoms with Gasteiger partial charge in [0.05, 0.1) is 16.8 Å². The highest BCUT2D eigenvalue weighted by molar-refractivity contribution is 5.95. The third kappa shape index (κ3) is 4.11. The second-order valence-corrected chi connectivity index (χ2v) is 6.78. The maximum atomic E-state index is 11.4. The Bertz CT molecular complexity index is 1090. The summed E-state index contributed by atoms with van der Waals surface area (Å²) in [5, 5.41) is 18.7. The van der Waals surface area contributed by atoms with Crippen LogP contribution in [0.2, 0.25) is 0 Å². The summed E-state index contributed by atoms with van der Waals surface area (Å²) in [4.78, 5) is 27.5. The average molecular weight is 390 g/mol. The van der Waals surface area contributed by atoms with E-state index in [1.54, 1.807) is 6.21 Å². The minimum absolute atomic E-state index is 0.0699. The fourth-order valence-corrected chi connectivity index (χ4v) is 3.38. The van der Waals surface area contributed by atoms with Gasteiger partial charge in [0.25, 0.3) is 0 Å². The van der Waals surface area contributed by atoms with Crippen molar-refractivity contribution < 1.29 is 19.8 Å². The standard InChI is InChI=1S/C23H22N2O4/c1-4-16-7-5-6-8-21(16)24-13-19-9-14(2)25(15(19)3)20-11-17(22(26)27)10-18(12-20)23(28)29/h5-13H,4H2,1-3H3,(H,26,27)(H,28,29). The van der Waals surface area contributed by atoms with E-state index in [2.05, 4.69) is 11.9 Å². The van der Waals surface area contributed by atoms with E-state index in [1.165, 1.54) is 12.1 Å². The number of carboxylic acids is 2. The molecule has 0 bridgehead atoms. The molecule has 0 saturated heterocycles. The molecule has 6 heteroatoms. The molecule has 148 valence electrons. The third-order valence-electron chi connectivity index (χ3n) is 4.86. The van der Waals surface area contributed by atoms with Gasteiger partial charge in [-0.2, -0.15) is 0 Å². The number of hydrogen-bond acceptors (Lipinski definition) is 3. The van der Waals surface area contributed by atoms with Crippen LogP contribution in [0, 0.1) is 13.8 Å². The van der Waals surface area contributed by atoms with Crippen molar-refractivity contribution in [1.82, 2.24) is 4.57 Å². The maximum absolute atomic E-state index is 11.4. The fourth-order valence-electron chi connectivity index (χ4n) is 3.38. The zero-order chi connectivity index (χ0) is 21.1. The van der Waals surface area contributed by atoms with E-state index in [-0.39, 0.29) is 11.1 Å². The van der Waals surface area contributed by atoms with Crippen molar-refractivity contribution in [2.24, 2.45) is 4.99 Å². The molecule has 6 nitrogen and oxygen atoms in total. The summed E-state index contributed by atoms with van der Waals surface area (Å²) in [5.41, 5.74) is 4.99. The monoisotopic (exact) mass is 390 g/mol. The molecule has 3 aromatic rings. The SMILES string of the molecule is CCc1ccccc1N=Cc1cc(C)n(-c2cc(C(=O)O)cc(C(=O)O)c2)c1C. The maximum Gasteiger partial charge on any atom is 0.335 e. The number of aliphatic imine (C=N–C) groups is 1. The van der Waals surface area contributed by atoms with Gasteiger partial charge in [-0.15, -0.1) is 0 Å². The molecule has 0 saturated carbocycles. The number of para-hydroxylation sites is 1. The van der Waals surface area contributed by atoms with Crippen LogP contribution in [-0.2, 0) is 6.42 Å². The van der Waals surface area contributed by atoms with Gasteiger partial charge in [-0.1, -0.05) is 25.1 Å². The molecule has 0 unspecified atom stereocenters. The van der Waals surface area contributed by atoms with Crippen molar-refractivity contribution in [3.8, 4) is 5.69 Å². The molecule has 1 heterocycles. The summed E-state index contributed by atoms with van der Waals surface area (Å²) in [5.74, 6) is -2.34. The Labute approximate surface area is 168 Å². The summed E-state index contributed by atoms with van der Waals surface area (Å²) >= 11 is 0. The third-order valence-corrected chi connectivity index (χ3v) is 4.86. The summed E-state index contributed by atoms with van der Waals surface area (Å²) in [6.45, 7) is 5.86. The molecule has 0 amide bonds. The average Bonchev–Trinajstić information content (AvgIpc) is 2.99. The number of nitrogens with zero attached hydrogens (tertiary/aromatic N) is 2. The van der Waals surface area contributed by atoms with Crippen molar-refractivity contribution in [3.05, 3.63) is 82.2 Å². The number of hydrogen-bond donors (Lipinski definition) is 2. The second kappa shape index (κ2) is 8.14. The summed E-state index contributed by atoms with van der Waals surface area (Å²) in [6.07, 6.45) is 2.67. The summed E-state index contributed by atoms with van der Waals surface area (Å²) in [6, 6.07) is 14.0. The molecule has 2 aromatic carbocycles. The minimum atomic E-state index is -1.17. The van der Waals surface area contributed by atoms with E-state index in [0.717, 1.165) is 40.7 Å². The Morgan fingerprint density at radius 1 is 1.00 bits per heavy atom. The van der Waals surface area contributed by atoms with Gasteiger partial charge < -0.3 is 14.8 Å². The quantitative estimate of drug-likeness (QED) is 0.591. The van der Waals surface area contributed by atoms with Crippen LogP contribution in [0.4, 0.5) is 5.69 Å². The lowest BCUT2D eigenvalue weighted by Gasteiger charge is -2.12. The predicted molar refractivity (Wildman–Crippen MR) is 112 cm³/mol.